The van der Waals surface area contributed by atoms with Crippen molar-refractivity contribution in [1.82, 2.24) is 9.55 Å². The Bertz CT molecular complexity index is 603. The number of nitrogens with zero attached hydrogens (tertiary/aromatic N) is 2. The van der Waals surface area contributed by atoms with Gasteiger partial charge in [-0.05, 0) is 43.4 Å². The third kappa shape index (κ3) is 1.12. The second-order valence-corrected chi connectivity index (χ2v) is 5.80. The second-order valence-electron chi connectivity index (χ2n) is 5.80. The molecule has 88 valence electrons. The first-order valence-electron chi connectivity index (χ1n) is 6.35. The zero-order valence-electron chi connectivity index (χ0n) is 10.1. The fourth-order valence-corrected chi connectivity index (χ4v) is 3.25. The summed E-state index contributed by atoms with van der Waals surface area (Å²) < 4.78 is 2.06. The van der Waals surface area contributed by atoms with E-state index in [1.54, 1.807) is 0 Å². The molecule has 0 atom stereocenters. The van der Waals surface area contributed by atoms with Gasteiger partial charge in [-0.3, -0.25) is 0 Å². The summed E-state index contributed by atoms with van der Waals surface area (Å²) in [5.74, 6) is 0. The molecule has 3 nitrogen and oxygen atoms in total. The van der Waals surface area contributed by atoms with E-state index in [1.807, 2.05) is 13.4 Å². The maximum Gasteiger partial charge on any atom is 0.0955 e. The fourth-order valence-electron chi connectivity index (χ4n) is 3.25. The predicted molar refractivity (Wildman–Crippen MR) is 67.8 cm³/mol. The Balaban J connectivity index is 1.87. The first-order chi connectivity index (χ1) is 8.15. The van der Waals surface area contributed by atoms with Gasteiger partial charge in [-0.1, -0.05) is 6.07 Å². The third-order valence-electron chi connectivity index (χ3n) is 4.77. The summed E-state index contributed by atoms with van der Waals surface area (Å²) in [7, 11) is 2.03. The minimum absolute atomic E-state index is 0.0927. The van der Waals surface area contributed by atoms with Crippen molar-refractivity contribution >= 4 is 11.0 Å². The number of hydrogen-bond donors (Lipinski definition) is 1. The van der Waals surface area contributed by atoms with Crippen LogP contribution < -0.4 is 5.73 Å². The molecule has 0 saturated heterocycles. The molecule has 17 heavy (non-hydrogen) atoms. The molecule has 2 aliphatic rings. The Labute approximate surface area is 101 Å². The van der Waals surface area contributed by atoms with Gasteiger partial charge in [0.25, 0.3) is 0 Å². The highest BCUT2D eigenvalue weighted by Crippen LogP contribution is 2.63. The van der Waals surface area contributed by atoms with Crippen LogP contribution in [-0.2, 0) is 12.5 Å². The lowest BCUT2D eigenvalue weighted by molar-refractivity contribution is 0.504. The highest BCUT2D eigenvalue weighted by Gasteiger charge is 2.64. The normalized spacial score (nSPS) is 23.9. The molecule has 0 bridgehead atoms. The molecule has 0 amide bonds. The Morgan fingerprint density at radius 3 is 2.65 bits per heavy atom. The molecular weight excluding hydrogens is 210 g/mol. The lowest BCUT2D eigenvalue weighted by Gasteiger charge is -2.23. The van der Waals surface area contributed by atoms with Crippen LogP contribution in [0.1, 0.15) is 31.2 Å². The quantitative estimate of drug-likeness (QED) is 0.853. The lowest BCUT2D eigenvalue weighted by Crippen LogP contribution is -2.37. The number of aryl methyl sites for hydroxylation is 1. The Morgan fingerprint density at radius 1 is 1.24 bits per heavy atom. The molecule has 4 rings (SSSR count). The average Bonchev–Trinajstić information content (AvgIpc) is 3.22. The summed E-state index contributed by atoms with van der Waals surface area (Å²) in [5, 5.41) is 0. The second kappa shape index (κ2) is 2.72. The summed E-state index contributed by atoms with van der Waals surface area (Å²) in [6, 6.07) is 6.68. The van der Waals surface area contributed by atoms with Crippen molar-refractivity contribution in [2.24, 2.45) is 12.8 Å². The molecule has 0 spiro atoms. The van der Waals surface area contributed by atoms with E-state index in [-0.39, 0.29) is 11.0 Å². The van der Waals surface area contributed by atoms with Crippen LogP contribution in [0.3, 0.4) is 0 Å². The number of nitrogens with two attached hydrogens (primary N) is 1. The predicted octanol–water partition coefficient (Wildman–Crippen LogP) is 2.10. The van der Waals surface area contributed by atoms with Crippen LogP contribution in [0.5, 0.6) is 0 Å². The first kappa shape index (κ1) is 9.66. The molecule has 1 heterocycles. The highest BCUT2D eigenvalue weighted by atomic mass is 15.0. The van der Waals surface area contributed by atoms with Crippen molar-refractivity contribution < 1.29 is 0 Å². The van der Waals surface area contributed by atoms with E-state index in [9.17, 15) is 0 Å². The van der Waals surface area contributed by atoms with Crippen LogP contribution in [0, 0.1) is 0 Å². The van der Waals surface area contributed by atoms with Crippen LogP contribution in [0.15, 0.2) is 24.5 Å². The maximum atomic E-state index is 6.44. The Hall–Kier alpha value is -1.35. The van der Waals surface area contributed by atoms with Gasteiger partial charge in [-0.15, -0.1) is 0 Å². The molecule has 2 fully saturated rings. The zero-order valence-corrected chi connectivity index (χ0v) is 10.1. The third-order valence-corrected chi connectivity index (χ3v) is 4.77. The number of benzene rings is 1. The molecule has 2 N–H and O–H groups in total. The van der Waals surface area contributed by atoms with Crippen molar-refractivity contribution in [3.63, 3.8) is 0 Å². The van der Waals surface area contributed by atoms with Crippen LogP contribution in [0.25, 0.3) is 11.0 Å². The minimum atomic E-state index is 0.0927. The summed E-state index contributed by atoms with van der Waals surface area (Å²) in [5.41, 5.74) is 10.5. The maximum absolute atomic E-state index is 6.44. The van der Waals surface area contributed by atoms with Gasteiger partial charge in [0.1, 0.15) is 0 Å². The van der Waals surface area contributed by atoms with Gasteiger partial charge in [-0.2, -0.15) is 0 Å². The molecule has 1 aromatic heterocycles. The van der Waals surface area contributed by atoms with Crippen molar-refractivity contribution in [1.29, 1.82) is 0 Å². The van der Waals surface area contributed by atoms with E-state index >= 15 is 0 Å². The van der Waals surface area contributed by atoms with Crippen molar-refractivity contribution in [2.75, 3.05) is 0 Å². The molecule has 0 unspecified atom stereocenters. The van der Waals surface area contributed by atoms with E-state index in [2.05, 4.69) is 27.8 Å². The van der Waals surface area contributed by atoms with Crippen molar-refractivity contribution in [3.8, 4) is 0 Å². The summed E-state index contributed by atoms with van der Waals surface area (Å²) >= 11 is 0. The van der Waals surface area contributed by atoms with Crippen LogP contribution in [-0.4, -0.2) is 15.1 Å². The molecule has 2 saturated carbocycles. The largest absolute Gasteiger partial charge is 0.334 e. The summed E-state index contributed by atoms with van der Waals surface area (Å²) in [6.45, 7) is 0. The van der Waals surface area contributed by atoms with Crippen LogP contribution >= 0.6 is 0 Å². The Kier molecular flexibility index (Phi) is 1.55. The molecule has 0 radical (unpaired) electrons. The van der Waals surface area contributed by atoms with E-state index in [0.717, 1.165) is 5.52 Å². The summed E-state index contributed by atoms with van der Waals surface area (Å²) in [6.07, 6.45) is 6.76. The fraction of sp³-hybridized carbons (Fsp3) is 0.500. The van der Waals surface area contributed by atoms with E-state index in [1.165, 1.54) is 36.8 Å². The van der Waals surface area contributed by atoms with Gasteiger partial charge in [0, 0.05) is 18.0 Å². The number of rotatable bonds is 2. The smallest absolute Gasteiger partial charge is 0.0955 e. The number of aromatic nitrogens is 2. The lowest BCUT2D eigenvalue weighted by atomic mass is 9.86. The van der Waals surface area contributed by atoms with Crippen LogP contribution in [0.2, 0.25) is 0 Å². The van der Waals surface area contributed by atoms with Crippen molar-refractivity contribution in [3.05, 3.63) is 30.1 Å². The first-order valence-corrected chi connectivity index (χ1v) is 6.35. The van der Waals surface area contributed by atoms with E-state index < -0.39 is 0 Å². The molecule has 0 aliphatic heterocycles. The van der Waals surface area contributed by atoms with Gasteiger partial charge in [0.15, 0.2) is 0 Å². The van der Waals surface area contributed by atoms with Gasteiger partial charge in [0.2, 0.25) is 0 Å². The number of hydrogen-bond acceptors (Lipinski definition) is 2. The van der Waals surface area contributed by atoms with E-state index in [4.69, 9.17) is 5.73 Å². The highest BCUT2D eigenvalue weighted by molar-refractivity contribution is 5.76. The van der Waals surface area contributed by atoms with Crippen LogP contribution in [0.4, 0.5) is 0 Å². The van der Waals surface area contributed by atoms with Gasteiger partial charge >= 0.3 is 0 Å². The molecule has 2 aromatic rings. The SMILES string of the molecule is Cn1cnc2cc(C3(C4(N)CC4)CC3)ccc21. The topological polar surface area (TPSA) is 43.8 Å². The van der Waals surface area contributed by atoms with Gasteiger partial charge in [-0.25, -0.2) is 4.98 Å². The average molecular weight is 227 g/mol. The number of fused-ring (bicyclic) bond motifs is 1. The zero-order chi connectivity index (χ0) is 11.7. The standard InChI is InChI=1S/C14H17N3/c1-17-9-16-11-8-10(2-3-12(11)17)13(4-5-13)14(15)6-7-14/h2-3,8-9H,4-7,15H2,1H3. The summed E-state index contributed by atoms with van der Waals surface area (Å²) in [4.78, 5) is 4.44. The van der Waals surface area contributed by atoms with E-state index in [0.29, 0.717) is 0 Å². The number of imidazole rings is 1. The molecule has 3 heteroatoms. The van der Waals surface area contributed by atoms with Gasteiger partial charge < -0.3 is 10.3 Å². The van der Waals surface area contributed by atoms with Gasteiger partial charge in [0.05, 0.1) is 17.4 Å². The van der Waals surface area contributed by atoms with Crippen molar-refractivity contribution in [2.45, 2.75) is 36.6 Å². The monoisotopic (exact) mass is 227 g/mol. The molecular formula is C14H17N3. The Morgan fingerprint density at radius 2 is 2.00 bits per heavy atom. The minimum Gasteiger partial charge on any atom is -0.334 e. The molecule has 2 aliphatic carbocycles. The molecule has 1 aromatic carbocycles.